The molecule has 1 aromatic carbocycles. The minimum Gasteiger partial charge on any atom is -0.264 e. The van der Waals surface area contributed by atoms with Crippen molar-refractivity contribution in [1.29, 1.82) is 0 Å². The fraction of sp³-hybridized carbons (Fsp3) is 0.462. The predicted octanol–water partition coefficient (Wildman–Crippen LogP) is 1.91. The maximum atomic E-state index is 11.9. The quantitative estimate of drug-likeness (QED) is 0.906. The number of hydrogen-bond donors (Lipinski definition) is 1. The number of rotatable bonds is 3. The number of fused-ring (bicyclic) bond motifs is 1. The zero-order valence-electron chi connectivity index (χ0n) is 10.3. The normalized spacial score (nSPS) is 29.9. The van der Waals surface area contributed by atoms with E-state index in [1.54, 1.807) is 12.1 Å². The van der Waals surface area contributed by atoms with Crippen molar-refractivity contribution in [3.05, 3.63) is 29.8 Å². The molecule has 2 unspecified atom stereocenters. The standard InChI is InChI=1S/C13H16N2O2S/c1-2-5-9-8-11(9)14-13-10-6-3-4-7-12(10)18(16,17)15-13/h3-4,6-7,9,11H,2,5,8H2,1H3,(H,14,15). The molecule has 1 aliphatic carbocycles. The molecule has 0 spiro atoms. The lowest BCUT2D eigenvalue weighted by molar-refractivity contribution is 0.595. The lowest BCUT2D eigenvalue weighted by Gasteiger charge is -1.98. The van der Waals surface area contributed by atoms with Gasteiger partial charge in [0.25, 0.3) is 10.0 Å². The number of benzene rings is 1. The third-order valence-electron chi connectivity index (χ3n) is 3.50. The van der Waals surface area contributed by atoms with E-state index in [0.29, 0.717) is 28.3 Å². The van der Waals surface area contributed by atoms with E-state index in [2.05, 4.69) is 16.6 Å². The first kappa shape index (κ1) is 11.7. The van der Waals surface area contributed by atoms with E-state index in [9.17, 15) is 8.42 Å². The highest BCUT2D eigenvalue weighted by molar-refractivity contribution is 7.90. The van der Waals surface area contributed by atoms with Crippen LogP contribution in [-0.2, 0) is 10.0 Å². The Balaban J connectivity index is 1.91. The van der Waals surface area contributed by atoms with Gasteiger partial charge in [-0.1, -0.05) is 25.5 Å². The molecule has 0 amide bonds. The minimum atomic E-state index is -3.38. The summed E-state index contributed by atoms with van der Waals surface area (Å²) in [6, 6.07) is 7.30. The molecule has 96 valence electrons. The van der Waals surface area contributed by atoms with Crippen LogP contribution in [0.4, 0.5) is 0 Å². The Morgan fingerprint density at radius 1 is 1.39 bits per heavy atom. The predicted molar refractivity (Wildman–Crippen MR) is 70.1 cm³/mol. The maximum Gasteiger partial charge on any atom is 0.263 e. The van der Waals surface area contributed by atoms with Crippen molar-refractivity contribution in [1.82, 2.24) is 4.72 Å². The number of amidine groups is 1. The summed E-state index contributed by atoms with van der Waals surface area (Å²) >= 11 is 0. The Morgan fingerprint density at radius 2 is 2.17 bits per heavy atom. The zero-order valence-corrected chi connectivity index (χ0v) is 11.1. The molecule has 0 saturated heterocycles. The van der Waals surface area contributed by atoms with Gasteiger partial charge in [0, 0.05) is 5.56 Å². The van der Waals surface area contributed by atoms with E-state index in [-0.39, 0.29) is 0 Å². The van der Waals surface area contributed by atoms with Crippen molar-refractivity contribution in [3.63, 3.8) is 0 Å². The second-order valence-electron chi connectivity index (χ2n) is 4.93. The number of aliphatic imine (C=N–C) groups is 1. The van der Waals surface area contributed by atoms with Gasteiger partial charge in [-0.25, -0.2) is 8.42 Å². The highest BCUT2D eigenvalue weighted by Crippen LogP contribution is 2.38. The molecule has 0 aromatic heterocycles. The Bertz CT molecular complexity index is 607. The van der Waals surface area contributed by atoms with Gasteiger partial charge >= 0.3 is 0 Å². The molecule has 1 aliphatic heterocycles. The highest BCUT2D eigenvalue weighted by atomic mass is 32.2. The van der Waals surface area contributed by atoms with Gasteiger partial charge in [-0.15, -0.1) is 0 Å². The highest BCUT2D eigenvalue weighted by Gasteiger charge is 2.38. The van der Waals surface area contributed by atoms with E-state index in [1.807, 2.05) is 12.1 Å². The van der Waals surface area contributed by atoms with Gasteiger partial charge in [0.15, 0.2) is 0 Å². The van der Waals surface area contributed by atoms with Gasteiger partial charge in [0.1, 0.15) is 5.84 Å². The van der Waals surface area contributed by atoms with Gasteiger partial charge in [-0.05, 0) is 30.9 Å². The Morgan fingerprint density at radius 3 is 2.94 bits per heavy atom. The molecule has 0 radical (unpaired) electrons. The molecule has 1 fully saturated rings. The summed E-state index contributed by atoms with van der Waals surface area (Å²) in [6.07, 6.45) is 3.42. The van der Waals surface area contributed by atoms with Crippen molar-refractivity contribution >= 4 is 15.9 Å². The minimum absolute atomic E-state index is 0.300. The molecular weight excluding hydrogens is 248 g/mol. The van der Waals surface area contributed by atoms with E-state index in [0.717, 1.165) is 12.8 Å². The van der Waals surface area contributed by atoms with Gasteiger partial charge in [0.2, 0.25) is 0 Å². The second-order valence-corrected chi connectivity index (χ2v) is 6.58. The molecule has 3 rings (SSSR count). The smallest absolute Gasteiger partial charge is 0.263 e. The average molecular weight is 264 g/mol. The Kier molecular flexibility index (Phi) is 2.66. The van der Waals surface area contributed by atoms with E-state index in [1.165, 1.54) is 6.42 Å². The summed E-state index contributed by atoms with van der Waals surface area (Å²) in [4.78, 5) is 4.89. The van der Waals surface area contributed by atoms with Gasteiger partial charge < -0.3 is 0 Å². The third-order valence-corrected chi connectivity index (χ3v) is 4.90. The second kappa shape index (κ2) is 4.09. The molecule has 1 saturated carbocycles. The number of nitrogens with zero attached hydrogens (tertiary/aromatic N) is 1. The van der Waals surface area contributed by atoms with Crippen LogP contribution in [0.3, 0.4) is 0 Å². The topological polar surface area (TPSA) is 58.5 Å². The molecular formula is C13H16N2O2S. The van der Waals surface area contributed by atoms with Crippen molar-refractivity contribution < 1.29 is 8.42 Å². The van der Waals surface area contributed by atoms with E-state index in [4.69, 9.17) is 0 Å². The van der Waals surface area contributed by atoms with E-state index < -0.39 is 10.0 Å². The average Bonchev–Trinajstić information content (AvgIpc) is 3.00. The molecule has 1 aromatic rings. The van der Waals surface area contributed by atoms with Gasteiger partial charge in [-0.3, -0.25) is 9.71 Å². The first-order chi connectivity index (χ1) is 8.62. The monoisotopic (exact) mass is 264 g/mol. The summed E-state index contributed by atoms with van der Waals surface area (Å²) in [5.74, 6) is 1.16. The van der Waals surface area contributed by atoms with Crippen LogP contribution in [0.1, 0.15) is 31.7 Å². The van der Waals surface area contributed by atoms with Crippen LogP contribution in [0, 0.1) is 5.92 Å². The fourth-order valence-corrected chi connectivity index (χ4v) is 3.71. The summed E-state index contributed by atoms with van der Waals surface area (Å²) in [5, 5.41) is 0. The number of hydrogen-bond acceptors (Lipinski definition) is 3. The molecule has 0 bridgehead atoms. The fourth-order valence-electron chi connectivity index (χ4n) is 2.47. The van der Waals surface area contributed by atoms with Gasteiger partial charge in [0.05, 0.1) is 10.9 Å². The molecule has 5 heteroatoms. The number of sulfonamides is 1. The van der Waals surface area contributed by atoms with Gasteiger partial charge in [-0.2, -0.15) is 0 Å². The van der Waals surface area contributed by atoms with Crippen molar-refractivity contribution in [2.75, 3.05) is 0 Å². The molecule has 2 aliphatic rings. The molecule has 18 heavy (non-hydrogen) atoms. The molecule has 4 nitrogen and oxygen atoms in total. The molecule has 1 heterocycles. The maximum absolute atomic E-state index is 11.9. The summed E-state index contributed by atoms with van der Waals surface area (Å²) in [7, 11) is -3.38. The van der Waals surface area contributed by atoms with Crippen LogP contribution in [0.2, 0.25) is 0 Å². The first-order valence-corrected chi connectivity index (χ1v) is 7.80. The SMILES string of the molecule is CCCC1CC1N=C1NS(=O)(=O)c2ccccc21. The Labute approximate surface area is 107 Å². The van der Waals surface area contributed by atoms with Crippen LogP contribution < -0.4 is 4.72 Å². The summed E-state index contributed by atoms with van der Waals surface area (Å²) in [5.41, 5.74) is 0.708. The molecule has 2 atom stereocenters. The van der Waals surface area contributed by atoms with Crippen molar-refractivity contribution in [3.8, 4) is 0 Å². The summed E-state index contributed by atoms with van der Waals surface area (Å²) in [6.45, 7) is 2.16. The lowest BCUT2D eigenvalue weighted by Crippen LogP contribution is -2.22. The largest absolute Gasteiger partial charge is 0.264 e. The van der Waals surface area contributed by atoms with Crippen LogP contribution in [0.25, 0.3) is 0 Å². The van der Waals surface area contributed by atoms with Crippen molar-refractivity contribution in [2.24, 2.45) is 10.9 Å². The lowest BCUT2D eigenvalue weighted by atomic mass is 10.2. The van der Waals surface area contributed by atoms with Crippen LogP contribution in [-0.4, -0.2) is 20.3 Å². The first-order valence-electron chi connectivity index (χ1n) is 6.32. The van der Waals surface area contributed by atoms with Crippen molar-refractivity contribution in [2.45, 2.75) is 37.1 Å². The Hall–Kier alpha value is -1.36. The number of nitrogens with one attached hydrogen (secondary N) is 1. The van der Waals surface area contributed by atoms with Crippen LogP contribution in [0.15, 0.2) is 34.2 Å². The zero-order chi connectivity index (χ0) is 12.8. The summed E-state index contributed by atoms with van der Waals surface area (Å²) < 4.78 is 26.3. The van der Waals surface area contributed by atoms with E-state index >= 15 is 0 Å². The van der Waals surface area contributed by atoms with Crippen LogP contribution in [0.5, 0.6) is 0 Å². The van der Waals surface area contributed by atoms with Crippen LogP contribution >= 0.6 is 0 Å². The molecule has 1 N–H and O–H groups in total. The third kappa shape index (κ3) is 1.92.